The fourth-order valence-corrected chi connectivity index (χ4v) is 10.5. The molecule has 0 fully saturated rings. The second-order valence-corrected chi connectivity index (χ2v) is 33.4. The topological polar surface area (TPSA) is 25.3 Å². The van der Waals surface area contributed by atoms with Crippen LogP contribution < -0.4 is 0 Å². The average Bonchev–Trinajstić information content (AvgIpc) is 3.65. The van der Waals surface area contributed by atoms with Crippen LogP contribution in [0.1, 0.15) is 319 Å². The number of aryl methyl sites for hydroxylation is 4. The van der Waals surface area contributed by atoms with Crippen molar-refractivity contribution in [3.63, 3.8) is 0 Å². The molecule has 1 heterocycles. The summed E-state index contributed by atoms with van der Waals surface area (Å²) in [6.07, 6.45) is 54.5. The third-order valence-corrected chi connectivity index (χ3v) is 14.8. The van der Waals surface area contributed by atoms with E-state index in [2.05, 4.69) is 129 Å². The maximum absolute atomic E-state index is 12.7. The van der Waals surface area contributed by atoms with Crippen molar-refractivity contribution in [2.45, 2.75) is 311 Å². The summed E-state index contributed by atoms with van der Waals surface area (Å²) >= 11 is 4.65. The molecule has 2 aromatic carbocycles. The van der Waals surface area contributed by atoms with Gasteiger partial charge in [0.1, 0.15) is 5.57 Å². The first-order valence-corrected chi connectivity index (χ1v) is 39.7. The summed E-state index contributed by atoms with van der Waals surface area (Å²) in [5.74, 6) is 7.50. The van der Waals surface area contributed by atoms with Gasteiger partial charge >= 0.3 is 49.8 Å². The summed E-state index contributed by atoms with van der Waals surface area (Å²) in [4.78, 5) is 0. The van der Waals surface area contributed by atoms with E-state index in [0.717, 1.165) is 91.1 Å². The fraction of sp³-hybridized carbons (Fsp3) is 0.727. The van der Waals surface area contributed by atoms with Gasteiger partial charge in [-0.05, 0) is 117 Å². The van der Waals surface area contributed by atoms with Gasteiger partial charge in [-0.2, -0.15) is 0 Å². The first-order valence-electron chi connectivity index (χ1n) is 30.5. The molecule has 0 aromatic heterocycles. The molecule has 71 heavy (non-hydrogen) atoms. The molecule has 0 atom stereocenters. The van der Waals surface area contributed by atoms with Gasteiger partial charge in [0.25, 0.3) is 0 Å². The van der Waals surface area contributed by atoms with Crippen LogP contribution in [0.15, 0.2) is 47.5 Å². The molecule has 0 N–H and O–H groups in total. The van der Waals surface area contributed by atoms with E-state index in [0.29, 0.717) is 0 Å². The molecule has 0 saturated heterocycles. The molecule has 2 aromatic rings. The van der Waals surface area contributed by atoms with Crippen LogP contribution in [-0.2, 0) is 36.4 Å². The molecular formula is C66H108I2N2Pd. The number of halogens is 2. The Kier molecular flexibility index (Phi) is 43.4. The first kappa shape index (κ1) is 66.3. The maximum atomic E-state index is 12.7. The van der Waals surface area contributed by atoms with Crippen molar-refractivity contribution in [2.24, 2.45) is 0 Å². The number of nitrogens with zero attached hydrogens (tertiary/aromatic N) is 2. The zero-order valence-electron chi connectivity index (χ0n) is 47.1. The van der Waals surface area contributed by atoms with Gasteiger partial charge in [0, 0.05) is 23.1 Å². The quantitative estimate of drug-likeness (QED) is 0.0208. The van der Waals surface area contributed by atoms with E-state index < -0.39 is 0 Å². The number of hydrogen-bond donors (Lipinski definition) is 0. The molecular weight excluding hydrogens is 1180 g/mol. The van der Waals surface area contributed by atoms with E-state index in [1.807, 2.05) is 0 Å². The van der Waals surface area contributed by atoms with Crippen LogP contribution in [0.5, 0.6) is 0 Å². The number of unbranched alkanes of at least 4 members (excludes halogenated alkanes) is 31. The van der Waals surface area contributed by atoms with E-state index in [4.69, 9.17) is 0 Å². The third-order valence-electron chi connectivity index (χ3n) is 14.8. The number of rotatable bonds is 43. The molecule has 1 aliphatic rings. The second kappa shape index (κ2) is 46.5. The molecule has 0 amide bonds. The van der Waals surface area contributed by atoms with Crippen molar-refractivity contribution in [1.29, 1.82) is 0 Å². The fourth-order valence-electron chi connectivity index (χ4n) is 10.5. The molecule has 3 rings (SSSR count). The molecule has 0 aliphatic carbocycles. The van der Waals surface area contributed by atoms with Gasteiger partial charge in [-0.25, -0.2) is 4.70 Å². The SMILES string of the molecule is CCCCCCCCCCCCCCCCCCCCCCCCCCC#CC1=C(c2cc(CCCC)cc(CCCCC)c2)[N+](=[N-])C(c2cc(CCCC)cc(CCCCC)c2)=C1CCCC.[I][Pd][I]. The van der Waals surface area contributed by atoms with Gasteiger partial charge in [-0.3, -0.25) is 0 Å². The molecule has 5 heteroatoms. The van der Waals surface area contributed by atoms with Gasteiger partial charge in [0.15, 0.2) is 0 Å². The van der Waals surface area contributed by atoms with Crippen LogP contribution in [0, 0.1) is 11.8 Å². The second-order valence-electron chi connectivity index (χ2n) is 21.4. The molecule has 0 spiro atoms. The molecule has 1 aliphatic heterocycles. The van der Waals surface area contributed by atoms with Crippen LogP contribution in [0.3, 0.4) is 0 Å². The van der Waals surface area contributed by atoms with Crippen molar-refractivity contribution < 1.29 is 15.4 Å². The Morgan fingerprint density at radius 2 is 0.648 bits per heavy atom. The first-order chi connectivity index (χ1) is 34.9. The molecule has 2 nitrogen and oxygen atoms in total. The normalized spacial score (nSPS) is 12.5. The standard InChI is InChI=1S/C66H108N2.2HI.Pd/c1-7-13-19-20-21-22-23-24-25-26-27-28-29-30-31-32-33-34-35-36-37-38-39-40-41-44-50-64-63(49-18-12-6)65(61-53-57(45-16-10-4)51-59(55-61)47-42-14-8-2)68(67)66(64)62-54-58(46-17-11-5)52-60(56-62)48-43-15-9-3;;;/h51-56H,7-43,45-49H2,1-6H3;2*1H;/q;;;+2/p-2. The van der Waals surface area contributed by atoms with Gasteiger partial charge in [0.05, 0.1) is 0 Å². The average molecular weight is 1290 g/mol. The Bertz CT molecular complexity index is 1780. The van der Waals surface area contributed by atoms with Crippen LogP contribution in [0.2, 0.25) is 0 Å². The van der Waals surface area contributed by atoms with Crippen molar-refractivity contribution in [2.75, 3.05) is 0 Å². The van der Waals surface area contributed by atoms with E-state index in [9.17, 15) is 5.53 Å². The molecule has 0 saturated carbocycles. The third kappa shape index (κ3) is 30.5. The summed E-state index contributed by atoms with van der Waals surface area (Å²) in [5.41, 5.74) is 24.8. The summed E-state index contributed by atoms with van der Waals surface area (Å²) < 4.78 is 1.60. The van der Waals surface area contributed by atoms with E-state index in [1.165, 1.54) is 245 Å². The molecule has 406 valence electrons. The Hall–Kier alpha value is -0.798. The molecule has 0 radical (unpaired) electrons. The van der Waals surface area contributed by atoms with Crippen LogP contribution in [0.4, 0.5) is 0 Å². The summed E-state index contributed by atoms with van der Waals surface area (Å²) in [6.45, 7) is 13.8. The van der Waals surface area contributed by atoms with Gasteiger partial charge < -0.3 is 5.53 Å². The summed E-state index contributed by atoms with van der Waals surface area (Å²) in [5, 5.41) is 0. The zero-order valence-corrected chi connectivity index (χ0v) is 53.0. The predicted octanol–water partition coefficient (Wildman–Crippen LogP) is 23.7. The minimum atomic E-state index is 0.890. The predicted molar refractivity (Wildman–Crippen MR) is 330 cm³/mol. The van der Waals surface area contributed by atoms with Gasteiger partial charge in [-0.15, -0.1) is 0 Å². The van der Waals surface area contributed by atoms with E-state index in [-0.39, 0.29) is 0 Å². The van der Waals surface area contributed by atoms with Crippen LogP contribution in [-0.4, -0.2) is 4.70 Å². The number of hydrogen-bond acceptors (Lipinski definition) is 0. The number of allylic oxidation sites excluding steroid dienone is 2. The minimum absolute atomic E-state index is 0.890. The van der Waals surface area contributed by atoms with Crippen molar-refractivity contribution in [1.82, 2.24) is 0 Å². The molecule has 0 unspecified atom stereocenters. The van der Waals surface area contributed by atoms with E-state index >= 15 is 0 Å². The van der Waals surface area contributed by atoms with Gasteiger partial charge in [-0.1, -0.05) is 258 Å². The number of benzene rings is 2. The summed E-state index contributed by atoms with van der Waals surface area (Å²) in [6, 6.07) is 14.5. The van der Waals surface area contributed by atoms with Crippen molar-refractivity contribution in [3.05, 3.63) is 86.5 Å². The monoisotopic (exact) mass is 1290 g/mol. The molecule has 0 bridgehead atoms. The van der Waals surface area contributed by atoms with E-state index in [1.54, 1.807) is 4.70 Å². The Labute approximate surface area is 471 Å². The van der Waals surface area contributed by atoms with Gasteiger partial charge in [0.2, 0.25) is 11.4 Å². The zero-order chi connectivity index (χ0) is 51.4. The van der Waals surface area contributed by atoms with Crippen LogP contribution >= 0.6 is 39.0 Å². The summed E-state index contributed by atoms with van der Waals surface area (Å²) in [7, 11) is 0.890. The Morgan fingerprint density at radius 3 is 1.00 bits per heavy atom. The van der Waals surface area contributed by atoms with Crippen LogP contribution in [0.25, 0.3) is 16.9 Å². The van der Waals surface area contributed by atoms with Crippen molar-refractivity contribution in [3.8, 4) is 11.8 Å². The van der Waals surface area contributed by atoms with Crippen molar-refractivity contribution >= 4 is 50.4 Å². The Balaban J connectivity index is 0.00000561. The Morgan fingerprint density at radius 1 is 0.366 bits per heavy atom.